The average molecular weight is 344 g/mol. The van der Waals surface area contributed by atoms with Crippen molar-refractivity contribution < 1.29 is 0 Å². The third-order valence-corrected chi connectivity index (χ3v) is 5.05. The average Bonchev–Trinajstić information content (AvgIpc) is 3.14. The first-order chi connectivity index (χ1) is 12.8. The predicted molar refractivity (Wildman–Crippen MR) is 99.6 cm³/mol. The second kappa shape index (κ2) is 6.96. The quantitative estimate of drug-likeness (QED) is 0.730. The van der Waals surface area contributed by atoms with Gasteiger partial charge in [0.05, 0.1) is 11.3 Å². The standard InChI is InChI=1S/C20H20N6/c1-25-14-23-24-20(25)15-7-10-26(11-8-15)19-16(12-21)4-2-6-18(19)17-5-3-9-22-13-17/h2-6,9,13-15H,7-8,10-11H2,1H3. The molecule has 1 aromatic carbocycles. The summed E-state index contributed by atoms with van der Waals surface area (Å²) in [6, 6.07) is 12.2. The molecular weight excluding hydrogens is 324 g/mol. The molecule has 0 unspecified atom stereocenters. The van der Waals surface area contributed by atoms with Crippen LogP contribution in [0.3, 0.4) is 0 Å². The summed E-state index contributed by atoms with van der Waals surface area (Å²) in [6.07, 6.45) is 7.38. The molecule has 0 aliphatic carbocycles. The van der Waals surface area contributed by atoms with E-state index in [2.05, 4.69) is 32.2 Å². The van der Waals surface area contributed by atoms with Gasteiger partial charge in [0.25, 0.3) is 0 Å². The molecule has 1 fully saturated rings. The van der Waals surface area contributed by atoms with Crippen LogP contribution in [0.4, 0.5) is 5.69 Å². The molecule has 1 aliphatic heterocycles. The van der Waals surface area contributed by atoms with E-state index in [4.69, 9.17) is 0 Å². The van der Waals surface area contributed by atoms with Gasteiger partial charge in [-0.25, -0.2) is 0 Å². The van der Waals surface area contributed by atoms with Gasteiger partial charge in [0, 0.05) is 49.6 Å². The lowest BCUT2D eigenvalue weighted by Crippen LogP contribution is -2.34. The second-order valence-corrected chi connectivity index (χ2v) is 6.62. The topological polar surface area (TPSA) is 70.6 Å². The Bertz CT molecular complexity index is 932. The fourth-order valence-electron chi connectivity index (χ4n) is 3.75. The van der Waals surface area contributed by atoms with Gasteiger partial charge in [-0.15, -0.1) is 10.2 Å². The number of piperidine rings is 1. The molecule has 0 saturated carbocycles. The molecule has 0 bridgehead atoms. The smallest absolute Gasteiger partial charge is 0.135 e. The van der Waals surface area contributed by atoms with Crippen LogP contribution in [-0.2, 0) is 7.05 Å². The van der Waals surface area contributed by atoms with Crippen LogP contribution in [0, 0.1) is 11.3 Å². The molecule has 4 rings (SSSR count). The molecule has 6 nitrogen and oxygen atoms in total. The molecule has 1 saturated heterocycles. The van der Waals surface area contributed by atoms with E-state index >= 15 is 0 Å². The lowest BCUT2D eigenvalue weighted by Gasteiger charge is -2.35. The second-order valence-electron chi connectivity index (χ2n) is 6.62. The van der Waals surface area contributed by atoms with Crippen LogP contribution in [0.15, 0.2) is 49.1 Å². The maximum Gasteiger partial charge on any atom is 0.135 e. The summed E-state index contributed by atoms with van der Waals surface area (Å²) >= 11 is 0. The highest BCUT2D eigenvalue weighted by molar-refractivity contribution is 5.82. The van der Waals surface area contributed by atoms with Crippen LogP contribution in [0.5, 0.6) is 0 Å². The van der Waals surface area contributed by atoms with Crippen molar-refractivity contribution in [3.8, 4) is 17.2 Å². The maximum absolute atomic E-state index is 9.65. The molecule has 3 heterocycles. The fourth-order valence-corrected chi connectivity index (χ4v) is 3.75. The first-order valence-corrected chi connectivity index (χ1v) is 8.80. The molecule has 26 heavy (non-hydrogen) atoms. The van der Waals surface area contributed by atoms with Crippen LogP contribution in [0.25, 0.3) is 11.1 Å². The summed E-state index contributed by atoms with van der Waals surface area (Å²) < 4.78 is 2.00. The van der Waals surface area contributed by atoms with Crippen LogP contribution in [0.2, 0.25) is 0 Å². The monoisotopic (exact) mass is 344 g/mol. The van der Waals surface area contributed by atoms with Crippen molar-refractivity contribution in [1.82, 2.24) is 19.7 Å². The molecule has 0 amide bonds. The van der Waals surface area contributed by atoms with Crippen LogP contribution < -0.4 is 4.90 Å². The van der Waals surface area contributed by atoms with Gasteiger partial charge >= 0.3 is 0 Å². The first-order valence-electron chi connectivity index (χ1n) is 8.80. The third-order valence-electron chi connectivity index (χ3n) is 5.05. The Labute approximate surface area is 152 Å². The number of benzene rings is 1. The molecule has 2 aromatic heterocycles. The molecule has 130 valence electrons. The number of hydrogen-bond acceptors (Lipinski definition) is 5. The number of hydrogen-bond donors (Lipinski definition) is 0. The number of para-hydroxylation sites is 1. The number of anilines is 1. The number of rotatable bonds is 3. The molecule has 0 spiro atoms. The van der Waals surface area contributed by atoms with Crippen molar-refractivity contribution in [2.45, 2.75) is 18.8 Å². The minimum atomic E-state index is 0.412. The molecule has 1 aliphatic rings. The summed E-state index contributed by atoms with van der Waals surface area (Å²) in [5, 5.41) is 17.9. The summed E-state index contributed by atoms with van der Waals surface area (Å²) in [4.78, 5) is 6.57. The Kier molecular flexibility index (Phi) is 4.36. The van der Waals surface area contributed by atoms with E-state index in [9.17, 15) is 5.26 Å². The van der Waals surface area contributed by atoms with E-state index in [-0.39, 0.29) is 0 Å². The van der Waals surface area contributed by atoms with Crippen LogP contribution >= 0.6 is 0 Å². The summed E-state index contributed by atoms with van der Waals surface area (Å²) in [7, 11) is 1.99. The highest BCUT2D eigenvalue weighted by Crippen LogP contribution is 2.37. The molecular formula is C20H20N6. The lowest BCUT2D eigenvalue weighted by atomic mass is 9.93. The Morgan fingerprint density at radius 1 is 1.15 bits per heavy atom. The van der Waals surface area contributed by atoms with E-state index < -0.39 is 0 Å². The van der Waals surface area contributed by atoms with Gasteiger partial charge in [-0.2, -0.15) is 5.26 Å². The van der Waals surface area contributed by atoms with E-state index in [1.165, 1.54) is 0 Å². The first kappa shape index (κ1) is 16.3. The molecule has 0 atom stereocenters. The number of pyridine rings is 1. The van der Waals surface area contributed by atoms with E-state index in [1.54, 1.807) is 12.5 Å². The zero-order chi connectivity index (χ0) is 17.9. The summed E-state index contributed by atoms with van der Waals surface area (Å²) in [5.74, 6) is 1.46. The number of aryl methyl sites for hydroxylation is 1. The Morgan fingerprint density at radius 3 is 2.65 bits per heavy atom. The van der Waals surface area contributed by atoms with Gasteiger partial charge in [0.2, 0.25) is 0 Å². The Hall–Kier alpha value is -3.20. The van der Waals surface area contributed by atoms with E-state index in [1.807, 2.05) is 42.1 Å². The van der Waals surface area contributed by atoms with Crippen molar-refractivity contribution >= 4 is 5.69 Å². The van der Waals surface area contributed by atoms with Crippen LogP contribution in [-0.4, -0.2) is 32.8 Å². The third kappa shape index (κ3) is 2.93. The molecule has 0 radical (unpaired) electrons. The Balaban J connectivity index is 1.64. The van der Waals surface area contributed by atoms with Crippen LogP contribution in [0.1, 0.15) is 30.1 Å². The molecule has 6 heteroatoms. The lowest BCUT2D eigenvalue weighted by molar-refractivity contribution is 0.474. The van der Waals surface area contributed by atoms with Crippen molar-refractivity contribution in [3.05, 3.63) is 60.4 Å². The minimum absolute atomic E-state index is 0.412. The summed E-state index contributed by atoms with van der Waals surface area (Å²) in [5.41, 5.74) is 3.83. The number of nitriles is 1. The van der Waals surface area contributed by atoms with Gasteiger partial charge in [-0.05, 0) is 25.0 Å². The highest BCUT2D eigenvalue weighted by atomic mass is 15.3. The van der Waals surface area contributed by atoms with Gasteiger partial charge in [-0.1, -0.05) is 18.2 Å². The van der Waals surface area contributed by atoms with Gasteiger partial charge in [0.1, 0.15) is 18.2 Å². The van der Waals surface area contributed by atoms with Crippen molar-refractivity contribution in [2.75, 3.05) is 18.0 Å². The van der Waals surface area contributed by atoms with E-state index in [0.717, 1.165) is 48.6 Å². The van der Waals surface area contributed by atoms with Crippen molar-refractivity contribution in [3.63, 3.8) is 0 Å². The number of nitrogens with zero attached hydrogens (tertiary/aromatic N) is 6. The van der Waals surface area contributed by atoms with E-state index in [0.29, 0.717) is 11.5 Å². The van der Waals surface area contributed by atoms with Gasteiger partial charge in [-0.3, -0.25) is 4.98 Å². The predicted octanol–water partition coefficient (Wildman–Crippen LogP) is 3.13. The SMILES string of the molecule is Cn1cnnc1C1CCN(c2c(C#N)cccc2-c2cccnc2)CC1. The van der Waals surface area contributed by atoms with Gasteiger partial charge < -0.3 is 9.47 Å². The number of aromatic nitrogens is 4. The highest BCUT2D eigenvalue weighted by Gasteiger charge is 2.26. The Morgan fingerprint density at radius 2 is 2.00 bits per heavy atom. The normalized spacial score (nSPS) is 15.0. The zero-order valence-corrected chi connectivity index (χ0v) is 14.7. The minimum Gasteiger partial charge on any atom is -0.370 e. The summed E-state index contributed by atoms with van der Waals surface area (Å²) in [6.45, 7) is 1.78. The fraction of sp³-hybridized carbons (Fsp3) is 0.300. The maximum atomic E-state index is 9.65. The molecule has 0 N–H and O–H groups in total. The van der Waals surface area contributed by atoms with Crippen molar-refractivity contribution in [2.24, 2.45) is 7.05 Å². The zero-order valence-electron chi connectivity index (χ0n) is 14.7. The van der Waals surface area contributed by atoms with Crippen molar-refractivity contribution in [1.29, 1.82) is 5.26 Å². The molecule has 3 aromatic rings. The van der Waals surface area contributed by atoms with Gasteiger partial charge in [0.15, 0.2) is 0 Å². The largest absolute Gasteiger partial charge is 0.370 e.